The Hall–Kier alpha value is -0.650. The Labute approximate surface area is 100 Å². The van der Waals surface area contributed by atoms with E-state index in [1.165, 1.54) is 17.8 Å². The first kappa shape index (κ1) is 13.4. The van der Waals surface area contributed by atoms with Crippen LogP contribution >= 0.6 is 11.3 Å². The maximum atomic E-state index is 10.9. The monoisotopic (exact) mass is 243 g/mol. The summed E-state index contributed by atoms with van der Waals surface area (Å²) in [7, 11) is 0. The molecule has 0 radical (unpaired) electrons. The fraction of sp³-hybridized carbons (Fsp3) is 0.727. The van der Waals surface area contributed by atoms with Gasteiger partial charge in [-0.25, -0.2) is 0 Å². The summed E-state index contributed by atoms with van der Waals surface area (Å²) in [5.74, 6) is 0.716. The summed E-state index contributed by atoms with van der Waals surface area (Å²) in [6.07, 6.45) is 3.48. The molecule has 0 bridgehead atoms. The highest BCUT2D eigenvalue weighted by atomic mass is 32.1. The van der Waals surface area contributed by atoms with Crippen molar-refractivity contribution in [3.8, 4) is 0 Å². The molecular weight excluding hydrogens is 222 g/mol. The van der Waals surface area contributed by atoms with Gasteiger partial charge in [-0.15, -0.1) is 0 Å². The molecule has 1 atom stereocenters. The third-order valence-electron chi connectivity index (χ3n) is 2.60. The van der Waals surface area contributed by atoms with Crippen LogP contribution in [0, 0.1) is 5.92 Å². The molecule has 0 saturated heterocycles. The van der Waals surface area contributed by atoms with Crippen LogP contribution in [-0.4, -0.2) is 18.1 Å². The zero-order chi connectivity index (χ0) is 11.8. The highest BCUT2D eigenvalue weighted by Crippen LogP contribution is 2.08. The van der Waals surface area contributed by atoms with Gasteiger partial charge in [-0.1, -0.05) is 18.3 Å². The standard InChI is InChI=1S/C11H21N3OS/c1-9(4-5-12)3-2-6-13-7-10-8-16-11(15)14-10/h8-9,13H,2-7,12H2,1H3,(H,14,15). The van der Waals surface area contributed by atoms with Crippen LogP contribution < -0.4 is 15.9 Å². The first-order chi connectivity index (χ1) is 7.72. The van der Waals surface area contributed by atoms with Crippen LogP contribution in [0.15, 0.2) is 10.2 Å². The molecule has 1 aromatic heterocycles. The summed E-state index contributed by atoms with van der Waals surface area (Å²) in [6.45, 7) is 4.77. The minimum absolute atomic E-state index is 0.0216. The molecule has 0 aliphatic heterocycles. The molecule has 0 aliphatic carbocycles. The lowest BCUT2D eigenvalue weighted by atomic mass is 10.0. The number of aromatic nitrogens is 1. The van der Waals surface area contributed by atoms with E-state index in [1.807, 2.05) is 5.38 Å². The number of rotatable bonds is 8. The van der Waals surface area contributed by atoms with Gasteiger partial charge in [0, 0.05) is 17.6 Å². The number of nitrogens with two attached hydrogens (primary N) is 1. The Morgan fingerprint density at radius 1 is 1.56 bits per heavy atom. The van der Waals surface area contributed by atoms with Gasteiger partial charge in [0.05, 0.1) is 0 Å². The first-order valence-corrected chi connectivity index (χ1v) is 6.68. The minimum Gasteiger partial charge on any atom is -0.330 e. The van der Waals surface area contributed by atoms with Crippen molar-refractivity contribution in [2.45, 2.75) is 32.7 Å². The zero-order valence-electron chi connectivity index (χ0n) is 9.79. The molecule has 1 rings (SSSR count). The highest BCUT2D eigenvalue weighted by Gasteiger charge is 2.00. The van der Waals surface area contributed by atoms with Crippen LogP contribution in [0.5, 0.6) is 0 Å². The Morgan fingerprint density at radius 2 is 2.38 bits per heavy atom. The minimum atomic E-state index is 0.0216. The van der Waals surface area contributed by atoms with Gasteiger partial charge < -0.3 is 16.0 Å². The SMILES string of the molecule is CC(CCN)CCCNCc1csc(=O)[nH]1. The van der Waals surface area contributed by atoms with Gasteiger partial charge >= 0.3 is 4.87 Å². The van der Waals surface area contributed by atoms with Crippen LogP contribution in [0.4, 0.5) is 0 Å². The number of thiazole rings is 1. The topological polar surface area (TPSA) is 70.9 Å². The van der Waals surface area contributed by atoms with Crippen LogP contribution in [0.2, 0.25) is 0 Å². The average molecular weight is 243 g/mol. The third-order valence-corrected chi connectivity index (χ3v) is 3.31. The Balaban J connectivity index is 2.02. The molecule has 0 spiro atoms. The van der Waals surface area contributed by atoms with Crippen molar-refractivity contribution in [1.82, 2.24) is 10.3 Å². The summed E-state index contributed by atoms with van der Waals surface area (Å²) >= 11 is 1.21. The molecule has 4 N–H and O–H groups in total. The zero-order valence-corrected chi connectivity index (χ0v) is 10.6. The maximum absolute atomic E-state index is 10.9. The molecule has 1 unspecified atom stereocenters. The molecule has 0 aromatic carbocycles. The van der Waals surface area contributed by atoms with Crippen molar-refractivity contribution in [2.75, 3.05) is 13.1 Å². The lowest BCUT2D eigenvalue weighted by Crippen LogP contribution is -2.16. The molecule has 0 fully saturated rings. The lowest BCUT2D eigenvalue weighted by molar-refractivity contribution is 0.468. The quantitative estimate of drug-likeness (QED) is 0.603. The first-order valence-electron chi connectivity index (χ1n) is 5.80. The molecule has 92 valence electrons. The Kier molecular flexibility index (Phi) is 6.37. The smallest absolute Gasteiger partial charge is 0.304 e. The Morgan fingerprint density at radius 3 is 3.00 bits per heavy atom. The molecular formula is C11H21N3OS. The number of nitrogens with one attached hydrogen (secondary N) is 2. The van der Waals surface area contributed by atoms with Crippen molar-refractivity contribution in [3.63, 3.8) is 0 Å². The summed E-state index contributed by atoms with van der Waals surface area (Å²) < 4.78 is 0. The number of hydrogen-bond acceptors (Lipinski definition) is 4. The summed E-state index contributed by atoms with van der Waals surface area (Å²) in [5.41, 5.74) is 6.47. The van der Waals surface area contributed by atoms with Crippen molar-refractivity contribution in [3.05, 3.63) is 20.7 Å². The van der Waals surface area contributed by atoms with Crippen molar-refractivity contribution in [1.29, 1.82) is 0 Å². The predicted molar refractivity (Wildman–Crippen MR) is 68.7 cm³/mol. The normalized spacial score (nSPS) is 12.9. The van der Waals surface area contributed by atoms with Crippen molar-refractivity contribution in [2.24, 2.45) is 11.7 Å². The van der Waals surface area contributed by atoms with Gasteiger partial charge in [0.15, 0.2) is 0 Å². The van der Waals surface area contributed by atoms with Crippen LogP contribution in [0.1, 0.15) is 31.9 Å². The van der Waals surface area contributed by atoms with Gasteiger partial charge in [-0.3, -0.25) is 4.79 Å². The van der Waals surface area contributed by atoms with E-state index in [-0.39, 0.29) is 4.87 Å². The van der Waals surface area contributed by atoms with Gasteiger partial charge in [-0.2, -0.15) is 0 Å². The van der Waals surface area contributed by atoms with Crippen molar-refractivity contribution >= 4 is 11.3 Å². The largest absolute Gasteiger partial charge is 0.330 e. The second-order valence-electron chi connectivity index (χ2n) is 4.17. The molecule has 0 amide bonds. The van der Waals surface area contributed by atoms with E-state index in [9.17, 15) is 4.79 Å². The van der Waals surface area contributed by atoms with Gasteiger partial charge in [0.25, 0.3) is 0 Å². The van der Waals surface area contributed by atoms with Crippen LogP contribution in [0.25, 0.3) is 0 Å². The number of aromatic amines is 1. The van der Waals surface area contributed by atoms with E-state index < -0.39 is 0 Å². The third kappa shape index (κ3) is 5.44. The molecule has 0 aliphatic rings. The van der Waals surface area contributed by atoms with E-state index in [2.05, 4.69) is 17.2 Å². The fourth-order valence-corrected chi connectivity index (χ4v) is 2.21. The molecule has 5 heteroatoms. The summed E-state index contributed by atoms with van der Waals surface area (Å²) in [4.78, 5) is 13.7. The Bertz CT molecular complexity index is 334. The van der Waals surface area contributed by atoms with Gasteiger partial charge in [0.2, 0.25) is 0 Å². The van der Waals surface area contributed by atoms with Crippen molar-refractivity contribution < 1.29 is 0 Å². The highest BCUT2D eigenvalue weighted by molar-refractivity contribution is 7.07. The second-order valence-corrected chi connectivity index (χ2v) is 5.02. The molecule has 1 heterocycles. The molecule has 16 heavy (non-hydrogen) atoms. The van der Waals surface area contributed by atoms with E-state index in [4.69, 9.17) is 5.73 Å². The lowest BCUT2D eigenvalue weighted by Gasteiger charge is -2.09. The van der Waals surface area contributed by atoms with Gasteiger partial charge in [0.1, 0.15) is 0 Å². The number of hydrogen-bond donors (Lipinski definition) is 3. The number of H-pyrrole nitrogens is 1. The molecule has 4 nitrogen and oxygen atoms in total. The fourth-order valence-electron chi connectivity index (χ4n) is 1.63. The maximum Gasteiger partial charge on any atom is 0.304 e. The second kappa shape index (κ2) is 7.60. The summed E-state index contributed by atoms with van der Waals surface area (Å²) in [6, 6.07) is 0. The van der Waals surface area contributed by atoms with Crippen LogP contribution in [0.3, 0.4) is 0 Å². The molecule has 0 saturated carbocycles. The average Bonchev–Trinajstić information content (AvgIpc) is 2.64. The van der Waals surface area contributed by atoms with E-state index in [1.54, 1.807) is 0 Å². The van der Waals surface area contributed by atoms with Gasteiger partial charge in [-0.05, 0) is 38.3 Å². The van der Waals surface area contributed by atoms with E-state index >= 15 is 0 Å². The van der Waals surface area contributed by atoms with E-state index in [0.717, 1.165) is 38.2 Å². The predicted octanol–water partition coefficient (Wildman–Crippen LogP) is 1.29. The van der Waals surface area contributed by atoms with E-state index in [0.29, 0.717) is 5.92 Å². The molecule has 1 aromatic rings. The summed E-state index contributed by atoms with van der Waals surface area (Å²) in [5, 5.41) is 5.19. The van der Waals surface area contributed by atoms with Crippen LogP contribution in [-0.2, 0) is 6.54 Å².